The van der Waals surface area contributed by atoms with Gasteiger partial charge >= 0.3 is 5.97 Å². The van der Waals surface area contributed by atoms with Gasteiger partial charge in [-0.15, -0.1) is 11.3 Å². The van der Waals surface area contributed by atoms with Crippen LogP contribution in [0, 0.1) is 0 Å². The Morgan fingerprint density at radius 3 is 2.91 bits per heavy atom. The minimum atomic E-state index is -0.854. The first-order chi connectivity index (χ1) is 10.5. The topological polar surface area (TPSA) is 79.3 Å². The van der Waals surface area contributed by atoms with Gasteiger partial charge in [0.15, 0.2) is 0 Å². The molecule has 2 rings (SSSR count). The summed E-state index contributed by atoms with van der Waals surface area (Å²) in [6.45, 7) is 0.369. The molecule has 5 nitrogen and oxygen atoms in total. The van der Waals surface area contributed by atoms with Crippen LogP contribution in [-0.4, -0.2) is 28.5 Å². The Balaban J connectivity index is 1.86. The van der Waals surface area contributed by atoms with E-state index in [1.165, 1.54) is 11.3 Å². The monoisotopic (exact) mass is 382 g/mol. The fourth-order valence-corrected chi connectivity index (χ4v) is 3.05. The zero-order chi connectivity index (χ0) is 15.9. The van der Waals surface area contributed by atoms with E-state index in [1.54, 1.807) is 0 Å². The Hall–Kier alpha value is -1.73. The number of aromatic nitrogens is 1. The van der Waals surface area contributed by atoms with Gasteiger partial charge in [-0.05, 0) is 18.6 Å². The van der Waals surface area contributed by atoms with E-state index in [2.05, 4.69) is 26.2 Å². The van der Waals surface area contributed by atoms with Crippen molar-refractivity contribution in [1.29, 1.82) is 0 Å². The average Bonchev–Trinajstić information content (AvgIpc) is 2.92. The molecular formula is C15H15BrN2O3S. The maximum Gasteiger partial charge on any atom is 0.303 e. The van der Waals surface area contributed by atoms with Gasteiger partial charge in [0.25, 0.3) is 0 Å². The summed E-state index contributed by atoms with van der Waals surface area (Å²) in [6, 6.07) is 7.84. The highest BCUT2D eigenvalue weighted by atomic mass is 79.9. The summed E-state index contributed by atoms with van der Waals surface area (Å²) >= 11 is 4.92. The van der Waals surface area contributed by atoms with Crippen molar-refractivity contribution in [3.05, 3.63) is 39.8 Å². The Kier molecular flexibility index (Phi) is 6.09. The minimum absolute atomic E-state index is 0.0595. The largest absolute Gasteiger partial charge is 0.481 e. The molecular weight excluding hydrogens is 368 g/mol. The lowest BCUT2D eigenvalue weighted by Gasteiger charge is -2.02. The summed E-state index contributed by atoms with van der Waals surface area (Å²) in [5.74, 6) is -0.996. The number of benzene rings is 1. The van der Waals surface area contributed by atoms with E-state index < -0.39 is 5.97 Å². The first-order valence-corrected chi connectivity index (χ1v) is 8.40. The fraction of sp³-hybridized carbons (Fsp3) is 0.267. The second-order valence-electron chi connectivity index (χ2n) is 4.68. The van der Waals surface area contributed by atoms with Crippen molar-refractivity contribution < 1.29 is 14.7 Å². The number of carboxylic acid groups (broad SMARTS) is 1. The lowest BCUT2D eigenvalue weighted by atomic mass is 10.2. The normalized spacial score (nSPS) is 10.4. The number of carbonyl (C=O) groups is 2. The molecule has 0 fully saturated rings. The molecule has 1 aromatic carbocycles. The van der Waals surface area contributed by atoms with Crippen molar-refractivity contribution in [2.75, 3.05) is 6.54 Å². The molecule has 22 heavy (non-hydrogen) atoms. The van der Waals surface area contributed by atoms with E-state index >= 15 is 0 Å². The predicted octanol–water partition coefficient (Wildman–Crippen LogP) is 3.10. The van der Waals surface area contributed by atoms with Crippen molar-refractivity contribution in [3.8, 4) is 10.6 Å². The lowest BCUT2D eigenvalue weighted by molar-refractivity contribution is -0.137. The van der Waals surface area contributed by atoms with E-state index in [1.807, 2.05) is 29.6 Å². The van der Waals surface area contributed by atoms with E-state index in [0.29, 0.717) is 13.0 Å². The number of rotatable bonds is 7. The predicted molar refractivity (Wildman–Crippen MR) is 88.8 cm³/mol. The summed E-state index contributed by atoms with van der Waals surface area (Å²) in [7, 11) is 0. The summed E-state index contributed by atoms with van der Waals surface area (Å²) in [5.41, 5.74) is 1.73. The minimum Gasteiger partial charge on any atom is -0.481 e. The zero-order valence-corrected chi connectivity index (χ0v) is 14.1. The van der Waals surface area contributed by atoms with Gasteiger partial charge < -0.3 is 10.4 Å². The van der Waals surface area contributed by atoms with Gasteiger partial charge in [0.1, 0.15) is 5.01 Å². The van der Waals surface area contributed by atoms with Crippen LogP contribution in [0.15, 0.2) is 34.1 Å². The number of carbonyl (C=O) groups excluding carboxylic acids is 1. The molecule has 0 bridgehead atoms. The number of aliphatic carboxylic acids is 1. The van der Waals surface area contributed by atoms with Crippen LogP contribution in [0.2, 0.25) is 0 Å². The summed E-state index contributed by atoms with van der Waals surface area (Å²) in [5, 5.41) is 14.0. The molecule has 0 unspecified atom stereocenters. The molecule has 0 aliphatic heterocycles. The number of hydrogen-bond acceptors (Lipinski definition) is 4. The molecule has 2 N–H and O–H groups in total. The van der Waals surface area contributed by atoms with E-state index in [4.69, 9.17) is 5.11 Å². The molecule has 1 aromatic heterocycles. The number of thiazole rings is 1. The molecule has 0 radical (unpaired) electrons. The summed E-state index contributed by atoms with van der Waals surface area (Å²) in [4.78, 5) is 26.6. The Labute approximate surface area is 140 Å². The van der Waals surface area contributed by atoms with Crippen LogP contribution < -0.4 is 5.32 Å². The van der Waals surface area contributed by atoms with E-state index in [0.717, 1.165) is 20.7 Å². The van der Waals surface area contributed by atoms with Gasteiger partial charge in [0, 0.05) is 28.4 Å². The number of halogens is 1. The van der Waals surface area contributed by atoms with Crippen LogP contribution in [-0.2, 0) is 16.0 Å². The molecule has 0 aliphatic rings. The molecule has 0 saturated carbocycles. The third kappa shape index (κ3) is 5.23. The van der Waals surface area contributed by atoms with Crippen molar-refractivity contribution in [2.24, 2.45) is 0 Å². The Morgan fingerprint density at radius 2 is 2.18 bits per heavy atom. The van der Waals surface area contributed by atoms with Gasteiger partial charge in [0.2, 0.25) is 5.91 Å². The van der Waals surface area contributed by atoms with Crippen LogP contribution in [0.5, 0.6) is 0 Å². The van der Waals surface area contributed by atoms with Gasteiger partial charge in [-0.25, -0.2) is 4.98 Å². The quantitative estimate of drug-likeness (QED) is 0.721. The highest BCUT2D eigenvalue weighted by molar-refractivity contribution is 9.10. The van der Waals surface area contributed by atoms with Crippen molar-refractivity contribution in [1.82, 2.24) is 10.3 Å². The maximum absolute atomic E-state index is 11.8. The molecule has 116 valence electrons. The van der Waals surface area contributed by atoms with Crippen LogP contribution >= 0.6 is 27.3 Å². The lowest BCUT2D eigenvalue weighted by Crippen LogP contribution is -2.26. The van der Waals surface area contributed by atoms with Gasteiger partial charge in [-0.1, -0.05) is 28.1 Å². The fourth-order valence-electron chi connectivity index (χ4n) is 1.84. The van der Waals surface area contributed by atoms with Crippen LogP contribution in [0.25, 0.3) is 10.6 Å². The van der Waals surface area contributed by atoms with Crippen molar-refractivity contribution in [2.45, 2.75) is 19.3 Å². The summed E-state index contributed by atoms with van der Waals surface area (Å²) in [6.07, 6.45) is 0.697. The van der Waals surface area contributed by atoms with Gasteiger partial charge in [-0.3, -0.25) is 9.59 Å². The molecule has 1 heterocycles. The average molecular weight is 383 g/mol. The maximum atomic E-state index is 11.8. The second-order valence-corrected chi connectivity index (χ2v) is 6.45. The number of carboxylic acids is 1. The number of nitrogens with one attached hydrogen (secondary N) is 1. The van der Waals surface area contributed by atoms with Crippen molar-refractivity contribution in [3.63, 3.8) is 0 Å². The number of nitrogens with zero attached hydrogens (tertiary/aromatic N) is 1. The van der Waals surface area contributed by atoms with Gasteiger partial charge in [-0.2, -0.15) is 0 Å². The third-order valence-corrected chi connectivity index (χ3v) is 4.29. The van der Waals surface area contributed by atoms with Crippen LogP contribution in [0.3, 0.4) is 0 Å². The number of amides is 1. The van der Waals surface area contributed by atoms with E-state index in [9.17, 15) is 9.59 Å². The Bertz CT molecular complexity index is 672. The van der Waals surface area contributed by atoms with Crippen molar-refractivity contribution >= 4 is 39.1 Å². The highest BCUT2D eigenvalue weighted by Gasteiger charge is 2.09. The summed E-state index contributed by atoms with van der Waals surface area (Å²) < 4.78 is 0.984. The number of hydrogen-bond donors (Lipinski definition) is 2. The molecule has 0 spiro atoms. The third-order valence-electron chi connectivity index (χ3n) is 2.85. The molecule has 2 aromatic rings. The SMILES string of the molecule is O=C(O)CCCNC(=O)Cc1csc(-c2cccc(Br)c2)n1. The highest BCUT2D eigenvalue weighted by Crippen LogP contribution is 2.26. The Morgan fingerprint density at radius 1 is 1.36 bits per heavy atom. The zero-order valence-electron chi connectivity index (χ0n) is 11.7. The standard InChI is InChI=1S/C15H15BrN2O3S/c16-11-4-1-3-10(7-11)15-18-12(9-22-15)8-13(19)17-6-2-5-14(20)21/h1,3-4,7,9H,2,5-6,8H2,(H,17,19)(H,20,21). The van der Waals surface area contributed by atoms with E-state index in [-0.39, 0.29) is 18.7 Å². The van der Waals surface area contributed by atoms with Gasteiger partial charge in [0.05, 0.1) is 12.1 Å². The molecule has 7 heteroatoms. The molecule has 0 aliphatic carbocycles. The molecule has 0 saturated heterocycles. The smallest absolute Gasteiger partial charge is 0.303 e. The molecule has 1 amide bonds. The first-order valence-electron chi connectivity index (χ1n) is 6.73. The first kappa shape index (κ1) is 16.6. The van der Waals surface area contributed by atoms with Crippen LogP contribution in [0.1, 0.15) is 18.5 Å². The van der Waals surface area contributed by atoms with Crippen LogP contribution in [0.4, 0.5) is 0 Å². The second kappa shape index (κ2) is 8.05. The molecule has 0 atom stereocenters.